The van der Waals surface area contributed by atoms with Crippen LogP contribution in [0.5, 0.6) is 0 Å². The molecule has 5 rings (SSSR count). The van der Waals surface area contributed by atoms with Crippen LogP contribution in [-0.2, 0) is 4.84 Å². The number of aromatic nitrogens is 4. The van der Waals surface area contributed by atoms with E-state index < -0.39 is 17.7 Å². The molecule has 1 unspecified atom stereocenters. The highest BCUT2D eigenvalue weighted by Gasteiger charge is 2.25. The highest BCUT2D eigenvalue weighted by Crippen LogP contribution is 2.39. The Labute approximate surface area is 177 Å². The number of hydroxylamine groups is 1. The molecular weight excluding hydrogens is 404 g/mol. The van der Waals surface area contributed by atoms with E-state index in [-0.39, 0.29) is 0 Å². The Morgan fingerprint density at radius 3 is 2.81 bits per heavy atom. The standard InChI is InChI=1S/C21H21F2N7O/c1-11-6-19(26-20-9-17(28-29-20)12-2-3-12)27-21(25-11)24-10-14-8-18(30-31-14)15-5-4-13(22)7-16(15)23/h4-9,12,18,30H,2-3,10H2,1H3,(H3,24,25,26,27,28,29). The number of benzene rings is 1. The maximum atomic E-state index is 14.0. The summed E-state index contributed by atoms with van der Waals surface area (Å²) in [7, 11) is 0. The van der Waals surface area contributed by atoms with E-state index in [0.717, 1.165) is 17.5 Å². The Bertz CT molecular complexity index is 1140. The number of nitrogens with zero attached hydrogens (tertiary/aromatic N) is 3. The Balaban J connectivity index is 1.23. The van der Waals surface area contributed by atoms with E-state index in [1.54, 1.807) is 6.08 Å². The number of aryl methyl sites for hydroxylation is 1. The van der Waals surface area contributed by atoms with Crippen molar-refractivity contribution in [1.29, 1.82) is 0 Å². The molecule has 1 aliphatic heterocycles. The minimum absolute atomic E-state index is 0.295. The van der Waals surface area contributed by atoms with Crippen LogP contribution in [0.4, 0.5) is 26.4 Å². The molecule has 1 fully saturated rings. The van der Waals surface area contributed by atoms with Gasteiger partial charge in [0.05, 0.1) is 12.6 Å². The second-order valence-electron chi connectivity index (χ2n) is 7.68. The van der Waals surface area contributed by atoms with Crippen LogP contribution in [0.15, 0.2) is 42.2 Å². The van der Waals surface area contributed by atoms with Crippen molar-refractivity contribution in [2.24, 2.45) is 0 Å². The Morgan fingerprint density at radius 1 is 1.13 bits per heavy atom. The van der Waals surface area contributed by atoms with Gasteiger partial charge in [-0.25, -0.2) is 13.8 Å². The molecule has 160 valence electrons. The first-order valence-electron chi connectivity index (χ1n) is 10.0. The van der Waals surface area contributed by atoms with Crippen molar-refractivity contribution in [1.82, 2.24) is 25.6 Å². The van der Waals surface area contributed by atoms with E-state index in [9.17, 15) is 8.78 Å². The van der Waals surface area contributed by atoms with Crippen molar-refractivity contribution in [3.63, 3.8) is 0 Å². The summed E-state index contributed by atoms with van der Waals surface area (Å²) in [5, 5.41) is 13.6. The van der Waals surface area contributed by atoms with Gasteiger partial charge in [0.2, 0.25) is 5.95 Å². The van der Waals surface area contributed by atoms with Crippen molar-refractivity contribution in [3.05, 3.63) is 70.8 Å². The number of anilines is 3. The summed E-state index contributed by atoms with van der Waals surface area (Å²) in [5.74, 6) is 1.64. The van der Waals surface area contributed by atoms with Crippen LogP contribution in [0, 0.1) is 18.6 Å². The zero-order valence-corrected chi connectivity index (χ0v) is 16.7. The van der Waals surface area contributed by atoms with Gasteiger partial charge in [-0.3, -0.25) is 5.10 Å². The van der Waals surface area contributed by atoms with E-state index in [1.807, 2.05) is 19.1 Å². The first-order chi connectivity index (χ1) is 15.0. The number of halogens is 2. The molecule has 0 spiro atoms. The van der Waals surface area contributed by atoms with Gasteiger partial charge in [0.1, 0.15) is 23.2 Å². The maximum Gasteiger partial charge on any atom is 0.225 e. The summed E-state index contributed by atoms with van der Waals surface area (Å²) < 4.78 is 27.1. The van der Waals surface area contributed by atoms with Crippen molar-refractivity contribution < 1.29 is 13.6 Å². The van der Waals surface area contributed by atoms with Gasteiger partial charge >= 0.3 is 0 Å². The quantitative estimate of drug-likeness (QED) is 0.454. The fourth-order valence-electron chi connectivity index (χ4n) is 3.41. The Kier molecular flexibility index (Phi) is 4.99. The van der Waals surface area contributed by atoms with Crippen LogP contribution in [0.25, 0.3) is 0 Å². The topological polar surface area (TPSA) is 99.8 Å². The molecular formula is C21H21F2N7O. The molecule has 10 heteroatoms. The van der Waals surface area contributed by atoms with Gasteiger partial charge in [-0.15, -0.1) is 5.48 Å². The summed E-state index contributed by atoms with van der Waals surface area (Å²) in [6.45, 7) is 2.17. The van der Waals surface area contributed by atoms with E-state index in [1.165, 1.54) is 25.0 Å². The molecule has 3 aromatic rings. The average molecular weight is 425 g/mol. The lowest BCUT2D eigenvalue weighted by Crippen LogP contribution is -2.15. The summed E-state index contributed by atoms with van der Waals surface area (Å²) >= 11 is 0. The molecule has 1 aliphatic carbocycles. The lowest BCUT2D eigenvalue weighted by Gasteiger charge is -2.10. The van der Waals surface area contributed by atoms with Gasteiger partial charge in [0.15, 0.2) is 5.82 Å². The number of nitrogens with one attached hydrogen (secondary N) is 4. The van der Waals surface area contributed by atoms with E-state index in [2.05, 4.69) is 36.3 Å². The van der Waals surface area contributed by atoms with Gasteiger partial charge in [0.25, 0.3) is 0 Å². The van der Waals surface area contributed by atoms with Gasteiger partial charge in [-0.05, 0) is 31.9 Å². The summed E-state index contributed by atoms with van der Waals surface area (Å²) in [5.41, 5.74) is 4.95. The van der Waals surface area contributed by atoms with Gasteiger partial charge < -0.3 is 15.5 Å². The number of aromatic amines is 1. The first-order valence-corrected chi connectivity index (χ1v) is 10.0. The molecule has 0 saturated heterocycles. The number of hydrogen-bond acceptors (Lipinski definition) is 7. The van der Waals surface area contributed by atoms with Crippen LogP contribution in [0.3, 0.4) is 0 Å². The second-order valence-corrected chi connectivity index (χ2v) is 7.68. The average Bonchev–Trinajstić information content (AvgIpc) is 3.29. The fraction of sp³-hybridized carbons (Fsp3) is 0.286. The summed E-state index contributed by atoms with van der Waals surface area (Å²) in [4.78, 5) is 14.3. The zero-order valence-electron chi connectivity index (χ0n) is 16.7. The fourth-order valence-corrected chi connectivity index (χ4v) is 3.41. The molecule has 8 nitrogen and oxygen atoms in total. The van der Waals surface area contributed by atoms with Crippen LogP contribution < -0.4 is 16.1 Å². The Hall–Kier alpha value is -3.53. The molecule has 0 amide bonds. The number of H-pyrrole nitrogens is 1. The van der Waals surface area contributed by atoms with Crippen molar-refractivity contribution in [3.8, 4) is 0 Å². The normalized spacial score (nSPS) is 17.9. The SMILES string of the molecule is Cc1cc(Nc2cc(C3CC3)[nH]n2)nc(NCC2=CC(c3ccc(F)cc3F)NO2)n1. The maximum absolute atomic E-state index is 14.0. The van der Waals surface area contributed by atoms with Crippen LogP contribution in [0.1, 0.15) is 41.8 Å². The smallest absolute Gasteiger partial charge is 0.225 e. The van der Waals surface area contributed by atoms with Crippen molar-refractivity contribution in [2.75, 3.05) is 17.2 Å². The largest absolute Gasteiger partial charge is 0.411 e. The van der Waals surface area contributed by atoms with E-state index in [4.69, 9.17) is 4.84 Å². The minimum Gasteiger partial charge on any atom is -0.411 e. The number of rotatable bonds is 7. The Morgan fingerprint density at radius 2 is 2.00 bits per heavy atom. The molecule has 1 aromatic carbocycles. The predicted octanol–water partition coefficient (Wildman–Crippen LogP) is 3.98. The second kappa shape index (κ2) is 7.95. The van der Waals surface area contributed by atoms with Gasteiger partial charge in [0, 0.05) is 41.1 Å². The molecule has 0 radical (unpaired) electrons. The molecule has 0 bridgehead atoms. The third kappa shape index (κ3) is 4.48. The van der Waals surface area contributed by atoms with Crippen molar-refractivity contribution >= 4 is 17.6 Å². The minimum atomic E-state index is -0.632. The molecule has 2 aliphatic rings. The monoisotopic (exact) mass is 425 g/mol. The lowest BCUT2D eigenvalue weighted by atomic mass is 10.1. The molecule has 1 atom stereocenters. The molecule has 1 saturated carbocycles. The summed E-state index contributed by atoms with van der Waals surface area (Å²) in [6.07, 6.45) is 4.12. The third-order valence-electron chi connectivity index (χ3n) is 5.11. The van der Waals surface area contributed by atoms with Gasteiger partial charge in [-0.2, -0.15) is 10.1 Å². The van der Waals surface area contributed by atoms with E-state index >= 15 is 0 Å². The van der Waals surface area contributed by atoms with Crippen LogP contribution in [-0.4, -0.2) is 26.7 Å². The third-order valence-corrected chi connectivity index (χ3v) is 5.11. The number of hydrogen-bond donors (Lipinski definition) is 4. The predicted molar refractivity (Wildman–Crippen MR) is 111 cm³/mol. The summed E-state index contributed by atoms with van der Waals surface area (Å²) in [6, 6.07) is 6.78. The highest BCUT2D eigenvalue weighted by molar-refractivity contribution is 5.54. The van der Waals surface area contributed by atoms with Crippen LogP contribution >= 0.6 is 0 Å². The van der Waals surface area contributed by atoms with Crippen molar-refractivity contribution in [2.45, 2.75) is 31.7 Å². The zero-order chi connectivity index (χ0) is 21.4. The first kappa shape index (κ1) is 19.4. The molecule has 3 heterocycles. The van der Waals surface area contributed by atoms with E-state index in [0.29, 0.717) is 41.4 Å². The molecule has 31 heavy (non-hydrogen) atoms. The highest BCUT2D eigenvalue weighted by atomic mass is 19.1. The van der Waals surface area contributed by atoms with Gasteiger partial charge in [-0.1, -0.05) is 6.07 Å². The molecule has 4 N–H and O–H groups in total. The lowest BCUT2D eigenvalue weighted by molar-refractivity contribution is 0.115. The van der Waals surface area contributed by atoms with Crippen LogP contribution in [0.2, 0.25) is 0 Å². The molecule has 2 aromatic heterocycles.